The van der Waals surface area contributed by atoms with Crippen molar-refractivity contribution in [2.24, 2.45) is 5.10 Å². The Bertz CT molecular complexity index is 1160. The van der Waals surface area contributed by atoms with Crippen molar-refractivity contribution in [1.82, 2.24) is 9.97 Å². The molecule has 0 spiro atoms. The van der Waals surface area contributed by atoms with Gasteiger partial charge in [0.25, 0.3) is 0 Å². The van der Waals surface area contributed by atoms with E-state index in [0.29, 0.717) is 22.2 Å². The predicted octanol–water partition coefficient (Wildman–Crippen LogP) is 4.97. The van der Waals surface area contributed by atoms with E-state index in [1.807, 2.05) is 0 Å². The highest BCUT2D eigenvalue weighted by molar-refractivity contribution is 6.33. The third-order valence-electron chi connectivity index (χ3n) is 4.43. The number of hydrogen-bond donors (Lipinski definition) is 1. The molecule has 1 atom stereocenters. The largest absolute Gasteiger partial charge is 0.450 e. The van der Waals surface area contributed by atoms with Gasteiger partial charge in [0, 0.05) is 11.6 Å². The normalized spacial score (nSPS) is 16.0. The Balaban J connectivity index is 1.75. The summed E-state index contributed by atoms with van der Waals surface area (Å²) in [5.74, 6) is -0.957. The smallest absolute Gasteiger partial charge is 0.244 e. The lowest BCUT2D eigenvalue weighted by Gasteiger charge is -2.25. The Labute approximate surface area is 180 Å². The number of benzene rings is 2. The molecule has 0 saturated carbocycles. The Morgan fingerprint density at radius 3 is 2.63 bits per heavy atom. The first-order valence-corrected chi connectivity index (χ1v) is 9.62. The molecule has 0 radical (unpaired) electrons. The van der Waals surface area contributed by atoms with Crippen molar-refractivity contribution in [3.8, 4) is 5.88 Å². The maximum absolute atomic E-state index is 14.4. The number of nitrogens with two attached hydrogens (primary N) is 1. The zero-order valence-corrected chi connectivity index (χ0v) is 17.1. The summed E-state index contributed by atoms with van der Waals surface area (Å²) < 4.78 is 33.7. The highest BCUT2D eigenvalue weighted by atomic mass is 35.5. The first-order valence-electron chi connectivity index (χ1n) is 8.86. The van der Waals surface area contributed by atoms with E-state index in [9.17, 15) is 8.78 Å². The van der Waals surface area contributed by atoms with E-state index in [1.54, 1.807) is 31.2 Å². The highest BCUT2D eigenvalue weighted by Gasteiger charge is 2.33. The van der Waals surface area contributed by atoms with Crippen molar-refractivity contribution in [1.29, 1.82) is 0 Å². The van der Waals surface area contributed by atoms with Gasteiger partial charge in [0.2, 0.25) is 5.88 Å². The maximum Gasteiger partial charge on any atom is 0.244 e. The standard InChI is InChI=1S/C20H15Cl2F2N5O/c1-10-26-19(22)18(25)20(27-10)30-17-9-15(12-7-6-11(23)8-14(12)24)28-29(17)16-5-3-2-4-13(16)21/h2-8,17H,9,25H2,1H3. The zero-order valence-electron chi connectivity index (χ0n) is 15.6. The quantitative estimate of drug-likeness (QED) is 0.568. The zero-order chi connectivity index (χ0) is 21.4. The molecule has 154 valence electrons. The van der Waals surface area contributed by atoms with E-state index in [4.69, 9.17) is 33.7 Å². The Hall–Kier alpha value is -2.97. The number of ether oxygens (including phenoxy) is 1. The second-order valence-corrected chi connectivity index (χ2v) is 7.29. The van der Waals surface area contributed by atoms with Crippen LogP contribution in [0.25, 0.3) is 0 Å². The summed E-state index contributed by atoms with van der Waals surface area (Å²) in [5.41, 5.74) is 7.09. The summed E-state index contributed by atoms with van der Waals surface area (Å²) >= 11 is 12.4. The van der Waals surface area contributed by atoms with Crippen LogP contribution in [0.15, 0.2) is 47.6 Å². The molecule has 0 bridgehead atoms. The third-order valence-corrected chi connectivity index (χ3v) is 5.04. The van der Waals surface area contributed by atoms with Gasteiger partial charge in [0.05, 0.1) is 22.8 Å². The molecule has 2 heterocycles. The van der Waals surface area contributed by atoms with Crippen LogP contribution >= 0.6 is 23.2 Å². The van der Waals surface area contributed by atoms with Crippen LogP contribution in [0.4, 0.5) is 20.2 Å². The average Bonchev–Trinajstić information content (AvgIpc) is 3.09. The number of halogens is 4. The van der Waals surface area contributed by atoms with Crippen LogP contribution in [-0.2, 0) is 0 Å². The minimum absolute atomic E-state index is 0.0607. The number of para-hydroxylation sites is 1. The maximum atomic E-state index is 14.4. The number of nitrogens with zero attached hydrogens (tertiary/aromatic N) is 4. The number of aryl methyl sites for hydroxylation is 1. The first kappa shape index (κ1) is 20.3. The highest BCUT2D eigenvalue weighted by Crippen LogP contribution is 2.35. The molecule has 0 aliphatic carbocycles. The van der Waals surface area contributed by atoms with Gasteiger partial charge in [-0.3, -0.25) is 0 Å². The van der Waals surface area contributed by atoms with Crippen LogP contribution in [0.2, 0.25) is 10.2 Å². The number of aromatic nitrogens is 2. The SMILES string of the molecule is Cc1nc(Cl)c(N)c(OC2CC(c3ccc(F)cc3F)=NN2c2ccccc2Cl)n1. The van der Waals surface area contributed by atoms with Crippen LogP contribution in [-0.4, -0.2) is 21.9 Å². The van der Waals surface area contributed by atoms with Gasteiger partial charge in [-0.15, -0.1) is 0 Å². The average molecular weight is 450 g/mol. The molecule has 6 nitrogen and oxygen atoms in total. The summed E-state index contributed by atoms with van der Waals surface area (Å²) in [7, 11) is 0. The van der Waals surface area contributed by atoms with Gasteiger partial charge in [-0.2, -0.15) is 10.1 Å². The van der Waals surface area contributed by atoms with Crippen molar-refractivity contribution in [3.05, 3.63) is 75.7 Å². The van der Waals surface area contributed by atoms with Gasteiger partial charge in [-0.05, 0) is 31.2 Å². The Morgan fingerprint density at radius 1 is 1.13 bits per heavy atom. The van der Waals surface area contributed by atoms with Gasteiger partial charge in [0.15, 0.2) is 11.4 Å². The van der Waals surface area contributed by atoms with Crippen molar-refractivity contribution < 1.29 is 13.5 Å². The molecule has 2 aromatic carbocycles. The van der Waals surface area contributed by atoms with Gasteiger partial charge >= 0.3 is 0 Å². The van der Waals surface area contributed by atoms with Crippen molar-refractivity contribution >= 4 is 40.3 Å². The first-order chi connectivity index (χ1) is 14.3. The van der Waals surface area contributed by atoms with Crippen LogP contribution < -0.4 is 15.5 Å². The van der Waals surface area contributed by atoms with Crippen LogP contribution in [0.3, 0.4) is 0 Å². The molecule has 2 N–H and O–H groups in total. The minimum Gasteiger partial charge on any atom is -0.450 e. The molecule has 0 saturated heterocycles. The molecule has 0 fully saturated rings. The third kappa shape index (κ3) is 3.88. The predicted molar refractivity (Wildman–Crippen MR) is 112 cm³/mol. The van der Waals surface area contributed by atoms with E-state index in [0.717, 1.165) is 6.07 Å². The lowest BCUT2D eigenvalue weighted by molar-refractivity contribution is 0.205. The summed E-state index contributed by atoms with van der Waals surface area (Å²) in [6.45, 7) is 1.65. The van der Waals surface area contributed by atoms with E-state index in [1.165, 1.54) is 17.1 Å². The van der Waals surface area contributed by atoms with Crippen LogP contribution in [0.5, 0.6) is 5.88 Å². The second-order valence-electron chi connectivity index (χ2n) is 6.52. The molecular formula is C20H15Cl2F2N5O. The van der Waals surface area contributed by atoms with Gasteiger partial charge in [-0.1, -0.05) is 35.3 Å². The summed E-state index contributed by atoms with van der Waals surface area (Å²) in [6, 6.07) is 10.3. The fourth-order valence-corrected chi connectivity index (χ4v) is 3.48. The molecule has 1 unspecified atom stereocenters. The number of hydrogen-bond acceptors (Lipinski definition) is 6. The van der Waals surface area contributed by atoms with Crippen molar-refractivity contribution in [3.63, 3.8) is 0 Å². The molecule has 10 heteroatoms. The molecule has 3 aromatic rings. The molecule has 1 aliphatic heterocycles. The molecule has 30 heavy (non-hydrogen) atoms. The monoisotopic (exact) mass is 449 g/mol. The Kier molecular flexibility index (Phi) is 5.44. The number of nitrogen functional groups attached to an aromatic ring is 1. The molecule has 1 aliphatic rings. The molecule has 4 rings (SSSR count). The summed E-state index contributed by atoms with van der Waals surface area (Å²) in [5, 5.41) is 6.48. The number of anilines is 2. The van der Waals surface area contributed by atoms with Crippen molar-refractivity contribution in [2.45, 2.75) is 19.6 Å². The topological polar surface area (TPSA) is 76.6 Å². The number of hydrazone groups is 1. The summed E-state index contributed by atoms with van der Waals surface area (Å²) in [4.78, 5) is 8.18. The molecule has 1 aromatic heterocycles. The fraction of sp³-hybridized carbons (Fsp3) is 0.150. The molecular weight excluding hydrogens is 435 g/mol. The van der Waals surface area contributed by atoms with Crippen LogP contribution in [0, 0.1) is 18.6 Å². The second kappa shape index (κ2) is 8.04. The lowest BCUT2D eigenvalue weighted by atomic mass is 10.1. The van der Waals surface area contributed by atoms with Crippen molar-refractivity contribution in [2.75, 3.05) is 10.7 Å². The lowest BCUT2D eigenvalue weighted by Crippen LogP contribution is -2.33. The summed E-state index contributed by atoms with van der Waals surface area (Å²) in [6.07, 6.45) is -0.592. The van der Waals surface area contributed by atoms with E-state index >= 15 is 0 Å². The molecule has 0 amide bonds. The Morgan fingerprint density at radius 2 is 1.90 bits per heavy atom. The minimum atomic E-state index is -0.753. The van der Waals surface area contributed by atoms with E-state index < -0.39 is 17.9 Å². The van der Waals surface area contributed by atoms with Gasteiger partial charge in [-0.25, -0.2) is 18.8 Å². The van der Waals surface area contributed by atoms with Gasteiger partial charge in [0.1, 0.15) is 23.1 Å². The fourth-order valence-electron chi connectivity index (χ4n) is 3.05. The van der Waals surface area contributed by atoms with Crippen LogP contribution in [0.1, 0.15) is 17.8 Å². The van der Waals surface area contributed by atoms with E-state index in [2.05, 4.69) is 15.1 Å². The number of rotatable bonds is 4. The van der Waals surface area contributed by atoms with E-state index in [-0.39, 0.29) is 28.7 Å². The van der Waals surface area contributed by atoms with Gasteiger partial charge < -0.3 is 10.5 Å².